The van der Waals surface area contributed by atoms with Gasteiger partial charge in [-0.2, -0.15) is 0 Å². The van der Waals surface area contributed by atoms with E-state index in [0.29, 0.717) is 0 Å². The molecule has 1 N–H and O–H groups in total. The molecule has 0 aliphatic carbocycles. The van der Waals surface area contributed by atoms with Gasteiger partial charge in [-0.05, 0) is 42.7 Å². The first-order valence-electron chi connectivity index (χ1n) is 6.57. The van der Waals surface area contributed by atoms with Crippen LogP contribution >= 0.6 is 22.9 Å². The number of anilines is 1. The molecule has 0 spiro atoms. The molecule has 0 fully saturated rings. The van der Waals surface area contributed by atoms with Crippen molar-refractivity contribution in [2.75, 3.05) is 11.9 Å². The maximum absolute atomic E-state index is 5.99. The molecule has 102 valence electrons. The second kappa shape index (κ2) is 5.81. The van der Waals surface area contributed by atoms with Gasteiger partial charge >= 0.3 is 0 Å². The van der Waals surface area contributed by atoms with E-state index in [1.807, 2.05) is 18.2 Å². The van der Waals surface area contributed by atoms with E-state index in [9.17, 15) is 0 Å². The molecule has 2 nitrogen and oxygen atoms in total. The van der Waals surface area contributed by atoms with Gasteiger partial charge in [0.2, 0.25) is 0 Å². The van der Waals surface area contributed by atoms with Crippen molar-refractivity contribution in [3.63, 3.8) is 0 Å². The molecule has 1 heterocycles. The summed E-state index contributed by atoms with van der Waals surface area (Å²) in [4.78, 5) is 4.56. The third kappa shape index (κ3) is 2.94. The molecule has 3 rings (SSSR count). The van der Waals surface area contributed by atoms with Crippen LogP contribution in [0.2, 0.25) is 5.02 Å². The summed E-state index contributed by atoms with van der Waals surface area (Å²) in [6.45, 7) is 3.04. The Hall–Kier alpha value is -1.58. The lowest BCUT2D eigenvalue weighted by molar-refractivity contribution is 1.00. The highest BCUT2D eigenvalue weighted by atomic mass is 35.5. The molecule has 0 saturated heterocycles. The number of hydrogen-bond acceptors (Lipinski definition) is 3. The van der Waals surface area contributed by atoms with Crippen LogP contribution in [0.15, 0.2) is 42.5 Å². The highest BCUT2D eigenvalue weighted by molar-refractivity contribution is 7.22. The van der Waals surface area contributed by atoms with E-state index in [4.69, 9.17) is 11.6 Å². The number of halogens is 1. The van der Waals surface area contributed by atoms with Crippen LogP contribution in [0.25, 0.3) is 10.2 Å². The van der Waals surface area contributed by atoms with E-state index in [1.165, 1.54) is 11.1 Å². The van der Waals surface area contributed by atoms with Crippen molar-refractivity contribution in [1.29, 1.82) is 0 Å². The van der Waals surface area contributed by atoms with E-state index in [-0.39, 0.29) is 0 Å². The molecular formula is C16H15ClN2S. The summed E-state index contributed by atoms with van der Waals surface area (Å²) in [6.07, 6.45) is 1.00. The van der Waals surface area contributed by atoms with E-state index in [2.05, 4.69) is 41.5 Å². The van der Waals surface area contributed by atoms with Crippen LogP contribution in [0.3, 0.4) is 0 Å². The van der Waals surface area contributed by atoms with Crippen molar-refractivity contribution in [2.24, 2.45) is 0 Å². The molecule has 0 aliphatic rings. The molecule has 0 radical (unpaired) electrons. The Morgan fingerprint density at radius 3 is 2.90 bits per heavy atom. The normalized spacial score (nSPS) is 10.9. The van der Waals surface area contributed by atoms with Gasteiger partial charge < -0.3 is 5.32 Å². The van der Waals surface area contributed by atoms with Gasteiger partial charge in [0.1, 0.15) is 0 Å². The van der Waals surface area contributed by atoms with Crippen molar-refractivity contribution in [3.05, 3.63) is 58.6 Å². The van der Waals surface area contributed by atoms with Crippen LogP contribution in [0.4, 0.5) is 5.13 Å². The van der Waals surface area contributed by atoms with Crippen LogP contribution in [-0.4, -0.2) is 11.5 Å². The minimum Gasteiger partial charge on any atom is -0.361 e. The van der Waals surface area contributed by atoms with Gasteiger partial charge in [-0.1, -0.05) is 47.2 Å². The summed E-state index contributed by atoms with van der Waals surface area (Å²) in [7, 11) is 0. The molecule has 2 aromatic carbocycles. The number of aromatic nitrogens is 1. The Morgan fingerprint density at radius 2 is 2.05 bits per heavy atom. The quantitative estimate of drug-likeness (QED) is 0.740. The van der Waals surface area contributed by atoms with Crippen LogP contribution < -0.4 is 5.32 Å². The van der Waals surface area contributed by atoms with Gasteiger partial charge in [0.15, 0.2) is 5.13 Å². The SMILES string of the molecule is Cc1ccccc1CCNc1nc2ccc(Cl)cc2s1. The average molecular weight is 303 g/mol. The van der Waals surface area contributed by atoms with E-state index >= 15 is 0 Å². The lowest BCUT2D eigenvalue weighted by Crippen LogP contribution is -2.05. The topological polar surface area (TPSA) is 24.9 Å². The molecule has 1 aromatic heterocycles. The van der Waals surface area contributed by atoms with Crippen LogP contribution in [0.1, 0.15) is 11.1 Å². The summed E-state index contributed by atoms with van der Waals surface area (Å²) in [5, 5.41) is 5.11. The van der Waals surface area contributed by atoms with Crippen molar-refractivity contribution in [3.8, 4) is 0 Å². The number of nitrogens with zero attached hydrogens (tertiary/aromatic N) is 1. The number of rotatable bonds is 4. The molecule has 0 amide bonds. The second-order valence-electron chi connectivity index (χ2n) is 4.73. The lowest BCUT2D eigenvalue weighted by atomic mass is 10.1. The molecule has 0 atom stereocenters. The summed E-state index contributed by atoms with van der Waals surface area (Å²) in [5.41, 5.74) is 3.72. The first-order valence-corrected chi connectivity index (χ1v) is 7.76. The molecule has 20 heavy (non-hydrogen) atoms. The van der Waals surface area contributed by atoms with Crippen LogP contribution in [0, 0.1) is 6.92 Å². The van der Waals surface area contributed by atoms with Crippen molar-refractivity contribution in [2.45, 2.75) is 13.3 Å². The predicted molar refractivity (Wildman–Crippen MR) is 88.0 cm³/mol. The standard InChI is InChI=1S/C16H15ClN2S/c1-11-4-2-3-5-12(11)8-9-18-16-19-14-7-6-13(17)10-15(14)20-16/h2-7,10H,8-9H2,1H3,(H,18,19). The summed E-state index contributed by atoms with van der Waals surface area (Å²) < 4.78 is 1.12. The van der Waals surface area contributed by atoms with Gasteiger partial charge in [-0.25, -0.2) is 4.98 Å². The zero-order valence-electron chi connectivity index (χ0n) is 11.2. The first-order chi connectivity index (χ1) is 9.72. The lowest BCUT2D eigenvalue weighted by Gasteiger charge is -2.05. The van der Waals surface area contributed by atoms with Crippen molar-refractivity contribution >= 4 is 38.3 Å². The van der Waals surface area contributed by atoms with E-state index < -0.39 is 0 Å². The number of hydrogen-bond donors (Lipinski definition) is 1. The third-order valence-corrected chi connectivity index (χ3v) is 4.49. The van der Waals surface area contributed by atoms with Crippen LogP contribution in [-0.2, 0) is 6.42 Å². The van der Waals surface area contributed by atoms with Crippen LogP contribution in [0.5, 0.6) is 0 Å². The van der Waals surface area contributed by atoms with Gasteiger partial charge in [0.25, 0.3) is 0 Å². The Morgan fingerprint density at radius 1 is 1.20 bits per heavy atom. The number of benzene rings is 2. The number of aryl methyl sites for hydroxylation is 1. The Balaban J connectivity index is 1.67. The van der Waals surface area contributed by atoms with Gasteiger partial charge in [0, 0.05) is 11.6 Å². The fourth-order valence-electron chi connectivity index (χ4n) is 2.17. The first kappa shape index (κ1) is 13.4. The summed E-state index contributed by atoms with van der Waals surface area (Å²) >= 11 is 7.63. The minimum atomic E-state index is 0.757. The van der Waals surface area contributed by atoms with Crippen molar-refractivity contribution in [1.82, 2.24) is 4.98 Å². The maximum Gasteiger partial charge on any atom is 0.183 e. The molecule has 3 aromatic rings. The fraction of sp³-hybridized carbons (Fsp3) is 0.188. The smallest absolute Gasteiger partial charge is 0.183 e. The summed E-state index contributed by atoms with van der Waals surface area (Å²) in [5.74, 6) is 0. The third-order valence-electron chi connectivity index (χ3n) is 3.28. The van der Waals surface area contributed by atoms with Crippen molar-refractivity contribution < 1.29 is 0 Å². The molecule has 0 aliphatic heterocycles. The van der Waals surface area contributed by atoms with E-state index in [1.54, 1.807) is 11.3 Å². The second-order valence-corrected chi connectivity index (χ2v) is 6.20. The molecule has 0 unspecified atom stereocenters. The molecule has 4 heteroatoms. The van der Waals surface area contributed by atoms with E-state index in [0.717, 1.165) is 33.3 Å². The number of fused-ring (bicyclic) bond motifs is 1. The van der Waals surface area contributed by atoms with Gasteiger partial charge in [-0.3, -0.25) is 0 Å². The Bertz CT molecular complexity index is 736. The molecule has 0 bridgehead atoms. The number of nitrogens with one attached hydrogen (secondary N) is 1. The fourth-order valence-corrected chi connectivity index (χ4v) is 3.34. The molecular weight excluding hydrogens is 288 g/mol. The van der Waals surface area contributed by atoms with Gasteiger partial charge in [-0.15, -0.1) is 0 Å². The maximum atomic E-state index is 5.99. The summed E-state index contributed by atoms with van der Waals surface area (Å²) in [6, 6.07) is 14.3. The predicted octanol–water partition coefficient (Wildman–Crippen LogP) is 4.91. The largest absolute Gasteiger partial charge is 0.361 e. The zero-order valence-corrected chi connectivity index (χ0v) is 12.8. The monoisotopic (exact) mass is 302 g/mol. The average Bonchev–Trinajstić information content (AvgIpc) is 2.83. The Labute approximate surface area is 127 Å². The Kier molecular flexibility index (Phi) is 3.90. The highest BCUT2D eigenvalue weighted by Crippen LogP contribution is 2.28. The van der Waals surface area contributed by atoms with Gasteiger partial charge in [0.05, 0.1) is 10.2 Å². The molecule has 0 saturated carbocycles. The highest BCUT2D eigenvalue weighted by Gasteiger charge is 2.04. The zero-order chi connectivity index (χ0) is 13.9. The minimum absolute atomic E-state index is 0.757. The number of thiazole rings is 1.